The zero-order valence-electron chi connectivity index (χ0n) is 13.0. The Labute approximate surface area is 127 Å². The lowest BCUT2D eigenvalue weighted by Gasteiger charge is -2.35. The van der Waals surface area contributed by atoms with Gasteiger partial charge in [-0.05, 0) is 31.7 Å². The van der Waals surface area contributed by atoms with Crippen LogP contribution in [-0.2, 0) is 10.3 Å². The van der Waals surface area contributed by atoms with Gasteiger partial charge >= 0.3 is 0 Å². The molecule has 118 valence electrons. The smallest absolute Gasteiger partial charge is 0.103 e. The summed E-state index contributed by atoms with van der Waals surface area (Å²) in [6, 6.07) is 9.76. The van der Waals surface area contributed by atoms with Gasteiger partial charge in [-0.1, -0.05) is 30.3 Å². The molecule has 3 N–H and O–H groups in total. The van der Waals surface area contributed by atoms with Crippen LogP contribution < -0.4 is 5.73 Å². The first kappa shape index (κ1) is 16.4. The maximum absolute atomic E-state index is 10.8. The fraction of sp³-hybridized carbons (Fsp3) is 0.647. The number of piperidine rings is 1. The monoisotopic (exact) mass is 292 g/mol. The Morgan fingerprint density at radius 3 is 2.52 bits per heavy atom. The second-order valence-electron chi connectivity index (χ2n) is 5.85. The average Bonchev–Trinajstić information content (AvgIpc) is 2.55. The summed E-state index contributed by atoms with van der Waals surface area (Å²) in [7, 11) is 0. The highest BCUT2D eigenvalue weighted by atomic mass is 16.5. The summed E-state index contributed by atoms with van der Waals surface area (Å²) in [4.78, 5) is 2.40. The summed E-state index contributed by atoms with van der Waals surface area (Å²) < 4.78 is 5.67. The molecule has 0 aliphatic carbocycles. The summed E-state index contributed by atoms with van der Waals surface area (Å²) in [6.45, 7) is 6.06. The molecule has 21 heavy (non-hydrogen) atoms. The van der Waals surface area contributed by atoms with Gasteiger partial charge in [0.1, 0.15) is 5.60 Å². The van der Waals surface area contributed by atoms with E-state index in [1.165, 1.54) is 0 Å². The summed E-state index contributed by atoms with van der Waals surface area (Å²) in [5.41, 5.74) is 5.82. The maximum Gasteiger partial charge on any atom is 0.103 e. The molecule has 1 aliphatic rings. The second kappa shape index (κ2) is 7.90. The summed E-state index contributed by atoms with van der Waals surface area (Å²) in [5.74, 6) is 0. The van der Waals surface area contributed by atoms with Crippen molar-refractivity contribution in [1.29, 1.82) is 0 Å². The molecule has 0 radical (unpaired) electrons. The molecule has 1 atom stereocenters. The SMILES string of the molecule is CCOC1CCN(CCC(O)(CN)c2ccccc2)CC1. The molecule has 0 spiro atoms. The van der Waals surface area contributed by atoms with E-state index in [0.717, 1.165) is 44.6 Å². The largest absolute Gasteiger partial charge is 0.384 e. The number of likely N-dealkylation sites (tertiary alicyclic amines) is 1. The number of nitrogens with zero attached hydrogens (tertiary/aromatic N) is 1. The van der Waals surface area contributed by atoms with E-state index in [2.05, 4.69) is 4.90 Å². The maximum atomic E-state index is 10.8. The fourth-order valence-electron chi connectivity index (χ4n) is 2.99. The quantitative estimate of drug-likeness (QED) is 0.803. The molecule has 4 nitrogen and oxygen atoms in total. The second-order valence-corrected chi connectivity index (χ2v) is 5.85. The normalized spacial score (nSPS) is 20.3. The van der Waals surface area contributed by atoms with Crippen LogP contribution in [0.4, 0.5) is 0 Å². The molecule has 1 unspecified atom stereocenters. The van der Waals surface area contributed by atoms with Crippen LogP contribution in [0.15, 0.2) is 30.3 Å². The third kappa shape index (κ3) is 4.51. The molecule has 0 amide bonds. The highest BCUT2D eigenvalue weighted by molar-refractivity contribution is 5.22. The lowest BCUT2D eigenvalue weighted by atomic mass is 9.90. The summed E-state index contributed by atoms with van der Waals surface area (Å²) >= 11 is 0. The van der Waals surface area contributed by atoms with E-state index in [1.54, 1.807) is 0 Å². The van der Waals surface area contributed by atoms with Gasteiger partial charge in [-0.3, -0.25) is 0 Å². The zero-order chi connectivity index (χ0) is 15.1. The standard InChI is InChI=1S/C17H28N2O2/c1-2-21-16-8-11-19(12-9-16)13-10-17(20,14-18)15-6-4-3-5-7-15/h3-7,16,20H,2,8-14,18H2,1H3. The molecule has 0 aromatic heterocycles. The van der Waals surface area contributed by atoms with Crippen LogP contribution >= 0.6 is 0 Å². The van der Waals surface area contributed by atoms with Gasteiger partial charge in [0, 0.05) is 32.8 Å². The first-order valence-corrected chi connectivity index (χ1v) is 8.00. The number of hydrogen-bond donors (Lipinski definition) is 2. The molecule has 0 bridgehead atoms. The average molecular weight is 292 g/mol. The molecule has 1 fully saturated rings. The first-order chi connectivity index (χ1) is 10.2. The number of benzene rings is 1. The predicted octanol–water partition coefficient (Wildman–Crippen LogP) is 1.72. The van der Waals surface area contributed by atoms with Crippen molar-refractivity contribution in [3.63, 3.8) is 0 Å². The highest BCUT2D eigenvalue weighted by Gasteiger charge is 2.29. The minimum atomic E-state index is -0.919. The Bertz CT molecular complexity index is 405. The van der Waals surface area contributed by atoms with Crippen molar-refractivity contribution in [2.45, 2.75) is 37.9 Å². The Balaban J connectivity index is 1.84. The van der Waals surface area contributed by atoms with E-state index in [1.807, 2.05) is 37.3 Å². The van der Waals surface area contributed by atoms with Gasteiger partial charge in [0.25, 0.3) is 0 Å². The summed E-state index contributed by atoms with van der Waals surface area (Å²) in [6.07, 6.45) is 3.25. The van der Waals surface area contributed by atoms with Gasteiger partial charge in [0.15, 0.2) is 0 Å². The molecule has 2 rings (SSSR count). The molecule has 1 aliphatic heterocycles. The highest BCUT2D eigenvalue weighted by Crippen LogP contribution is 2.25. The number of hydrogen-bond acceptors (Lipinski definition) is 4. The Kier molecular flexibility index (Phi) is 6.18. The molecule has 1 aromatic carbocycles. The van der Waals surface area contributed by atoms with Crippen molar-refractivity contribution in [2.24, 2.45) is 5.73 Å². The predicted molar refractivity (Wildman–Crippen MR) is 85.1 cm³/mol. The van der Waals surface area contributed by atoms with Crippen molar-refractivity contribution in [1.82, 2.24) is 4.90 Å². The third-order valence-corrected chi connectivity index (χ3v) is 4.43. The van der Waals surface area contributed by atoms with Crippen molar-refractivity contribution < 1.29 is 9.84 Å². The van der Waals surface area contributed by atoms with Crippen molar-refractivity contribution >= 4 is 0 Å². The van der Waals surface area contributed by atoms with Gasteiger partial charge in [-0.15, -0.1) is 0 Å². The topological polar surface area (TPSA) is 58.7 Å². The van der Waals surface area contributed by atoms with Crippen LogP contribution in [0, 0.1) is 0 Å². The van der Waals surface area contributed by atoms with Crippen molar-refractivity contribution in [2.75, 3.05) is 32.8 Å². The van der Waals surface area contributed by atoms with Crippen LogP contribution in [0.2, 0.25) is 0 Å². The molecular formula is C17H28N2O2. The van der Waals surface area contributed by atoms with Gasteiger partial charge in [-0.25, -0.2) is 0 Å². The molecular weight excluding hydrogens is 264 g/mol. The first-order valence-electron chi connectivity index (χ1n) is 8.00. The van der Waals surface area contributed by atoms with E-state index in [-0.39, 0.29) is 6.54 Å². The van der Waals surface area contributed by atoms with Crippen LogP contribution in [0.1, 0.15) is 31.7 Å². The lowest BCUT2D eigenvalue weighted by molar-refractivity contribution is -0.00301. The molecule has 4 heteroatoms. The summed E-state index contributed by atoms with van der Waals surface area (Å²) in [5, 5.41) is 10.8. The molecule has 1 heterocycles. The van der Waals surface area contributed by atoms with Crippen LogP contribution in [0.25, 0.3) is 0 Å². The van der Waals surface area contributed by atoms with E-state index in [4.69, 9.17) is 10.5 Å². The minimum absolute atomic E-state index is 0.256. The van der Waals surface area contributed by atoms with Crippen LogP contribution in [-0.4, -0.2) is 48.9 Å². The van der Waals surface area contributed by atoms with E-state index < -0.39 is 5.60 Å². The molecule has 1 aromatic rings. The van der Waals surface area contributed by atoms with Gasteiger partial charge in [-0.2, -0.15) is 0 Å². The van der Waals surface area contributed by atoms with Crippen molar-refractivity contribution in [3.05, 3.63) is 35.9 Å². The molecule has 0 saturated carbocycles. The zero-order valence-corrected chi connectivity index (χ0v) is 13.0. The fourth-order valence-corrected chi connectivity index (χ4v) is 2.99. The van der Waals surface area contributed by atoms with E-state index >= 15 is 0 Å². The van der Waals surface area contributed by atoms with Gasteiger partial charge < -0.3 is 20.5 Å². The number of nitrogens with two attached hydrogens (primary N) is 1. The minimum Gasteiger partial charge on any atom is -0.384 e. The van der Waals surface area contributed by atoms with Gasteiger partial charge in [0.2, 0.25) is 0 Å². The number of rotatable bonds is 7. The Morgan fingerprint density at radius 2 is 1.95 bits per heavy atom. The molecule has 1 saturated heterocycles. The van der Waals surface area contributed by atoms with Crippen LogP contribution in [0.3, 0.4) is 0 Å². The van der Waals surface area contributed by atoms with Gasteiger partial charge in [0.05, 0.1) is 6.10 Å². The number of ether oxygens (including phenoxy) is 1. The van der Waals surface area contributed by atoms with Crippen molar-refractivity contribution in [3.8, 4) is 0 Å². The Hall–Kier alpha value is -0.940. The van der Waals surface area contributed by atoms with E-state index in [0.29, 0.717) is 12.5 Å². The third-order valence-electron chi connectivity index (χ3n) is 4.43. The number of aliphatic hydroxyl groups is 1. The van der Waals surface area contributed by atoms with Crippen LogP contribution in [0.5, 0.6) is 0 Å². The van der Waals surface area contributed by atoms with E-state index in [9.17, 15) is 5.11 Å². The lowest BCUT2D eigenvalue weighted by Crippen LogP contribution is -2.42. The Morgan fingerprint density at radius 1 is 1.29 bits per heavy atom.